The van der Waals surface area contributed by atoms with Crippen molar-refractivity contribution in [2.75, 3.05) is 18.0 Å². The maximum absolute atomic E-state index is 13.6. The van der Waals surface area contributed by atoms with E-state index < -0.39 is 11.8 Å². The highest BCUT2D eigenvalue weighted by Gasteiger charge is 2.38. The van der Waals surface area contributed by atoms with E-state index in [4.69, 9.17) is 0 Å². The SMILES string of the molecule is CC1CCCCN1C(=O)c1cc(C(=O)N2CCCCC2C)cc(N2C(=O)c3ccccc3C2=O)c1. The van der Waals surface area contributed by atoms with Crippen molar-refractivity contribution in [3.8, 4) is 0 Å². The maximum atomic E-state index is 13.6. The minimum absolute atomic E-state index is 0.0977. The molecule has 0 spiro atoms. The number of piperidine rings is 2. The first kappa shape index (κ1) is 23.3. The van der Waals surface area contributed by atoms with Crippen LogP contribution in [-0.2, 0) is 0 Å². The summed E-state index contributed by atoms with van der Waals surface area (Å²) < 4.78 is 0. The number of anilines is 1. The van der Waals surface area contributed by atoms with Gasteiger partial charge in [-0.2, -0.15) is 0 Å². The van der Waals surface area contributed by atoms with E-state index in [0.717, 1.165) is 43.4 Å². The third-order valence-electron chi connectivity index (χ3n) is 7.59. The lowest BCUT2D eigenvalue weighted by atomic mass is 9.99. The maximum Gasteiger partial charge on any atom is 0.266 e. The summed E-state index contributed by atoms with van der Waals surface area (Å²) in [5.41, 5.74) is 1.59. The first-order chi connectivity index (χ1) is 16.9. The normalized spacial score (nSPS) is 22.4. The number of imide groups is 1. The van der Waals surface area contributed by atoms with E-state index in [-0.39, 0.29) is 29.6 Å². The van der Waals surface area contributed by atoms with Crippen molar-refractivity contribution in [2.45, 2.75) is 64.5 Å². The van der Waals surface area contributed by atoms with Gasteiger partial charge in [0, 0.05) is 36.3 Å². The summed E-state index contributed by atoms with van der Waals surface area (Å²) in [5.74, 6) is -1.22. The van der Waals surface area contributed by atoms with Crippen molar-refractivity contribution >= 4 is 29.3 Å². The van der Waals surface area contributed by atoms with Crippen LogP contribution in [0.25, 0.3) is 0 Å². The van der Waals surface area contributed by atoms with E-state index in [1.54, 1.807) is 42.5 Å². The molecule has 0 aromatic heterocycles. The van der Waals surface area contributed by atoms with Crippen LogP contribution in [0.2, 0.25) is 0 Å². The number of hydrogen-bond acceptors (Lipinski definition) is 4. The van der Waals surface area contributed by atoms with Crippen molar-refractivity contribution in [3.05, 3.63) is 64.7 Å². The van der Waals surface area contributed by atoms with Gasteiger partial charge < -0.3 is 9.80 Å². The Bertz CT molecular complexity index is 1120. The van der Waals surface area contributed by atoms with Crippen LogP contribution >= 0.6 is 0 Å². The molecule has 4 amide bonds. The van der Waals surface area contributed by atoms with Crippen LogP contribution in [-0.4, -0.2) is 58.6 Å². The summed E-state index contributed by atoms with van der Waals surface area (Å²) in [4.78, 5) is 58.3. The number of carbonyl (C=O) groups excluding carboxylic acids is 4. The quantitative estimate of drug-likeness (QED) is 0.615. The zero-order valence-electron chi connectivity index (χ0n) is 20.3. The van der Waals surface area contributed by atoms with Gasteiger partial charge in [0.05, 0.1) is 16.8 Å². The first-order valence-corrected chi connectivity index (χ1v) is 12.6. The number of rotatable bonds is 3. The van der Waals surface area contributed by atoms with E-state index in [0.29, 0.717) is 35.3 Å². The van der Waals surface area contributed by atoms with Crippen LogP contribution in [0, 0.1) is 0 Å². The summed E-state index contributed by atoms with van der Waals surface area (Å²) in [6.45, 7) is 5.38. The van der Waals surface area contributed by atoms with Crippen LogP contribution < -0.4 is 4.90 Å². The Balaban J connectivity index is 1.57. The molecule has 3 aliphatic heterocycles. The van der Waals surface area contributed by atoms with Crippen LogP contribution in [0.1, 0.15) is 93.8 Å². The molecule has 2 fully saturated rings. The molecule has 0 aliphatic carbocycles. The molecular formula is C28H31N3O4. The van der Waals surface area contributed by atoms with Crippen molar-refractivity contribution in [1.29, 1.82) is 0 Å². The van der Waals surface area contributed by atoms with Gasteiger partial charge in [0.15, 0.2) is 0 Å². The predicted molar refractivity (Wildman–Crippen MR) is 133 cm³/mol. The summed E-state index contributed by atoms with van der Waals surface area (Å²) in [6.07, 6.45) is 5.89. The Morgan fingerprint density at radius 1 is 0.714 bits per heavy atom. The minimum Gasteiger partial charge on any atom is -0.336 e. The summed E-state index contributed by atoms with van der Waals surface area (Å²) in [5, 5.41) is 0. The number of hydrogen-bond donors (Lipinski definition) is 0. The number of nitrogens with zero attached hydrogens (tertiary/aromatic N) is 3. The minimum atomic E-state index is -0.439. The number of fused-ring (bicyclic) bond motifs is 1. The second-order valence-electron chi connectivity index (χ2n) is 9.95. The average Bonchev–Trinajstić information content (AvgIpc) is 3.13. The second kappa shape index (κ2) is 9.29. The van der Waals surface area contributed by atoms with Crippen LogP contribution in [0.15, 0.2) is 42.5 Å². The van der Waals surface area contributed by atoms with Gasteiger partial charge in [-0.3, -0.25) is 19.2 Å². The van der Waals surface area contributed by atoms with Gasteiger partial charge in [0.2, 0.25) is 0 Å². The number of carbonyl (C=O) groups is 4. The smallest absolute Gasteiger partial charge is 0.266 e. The van der Waals surface area contributed by atoms with E-state index >= 15 is 0 Å². The Hall–Kier alpha value is -3.48. The Morgan fingerprint density at radius 2 is 1.17 bits per heavy atom. The van der Waals surface area contributed by atoms with Gasteiger partial charge in [0.1, 0.15) is 0 Å². The van der Waals surface area contributed by atoms with Gasteiger partial charge in [0.25, 0.3) is 23.6 Å². The van der Waals surface area contributed by atoms with Crippen molar-refractivity contribution < 1.29 is 19.2 Å². The van der Waals surface area contributed by atoms with Gasteiger partial charge in [-0.1, -0.05) is 12.1 Å². The molecule has 2 atom stereocenters. The summed E-state index contributed by atoms with van der Waals surface area (Å²) >= 11 is 0. The molecule has 2 aromatic carbocycles. The van der Waals surface area contributed by atoms with Crippen molar-refractivity contribution in [2.24, 2.45) is 0 Å². The lowest BCUT2D eigenvalue weighted by Crippen LogP contribution is -2.43. The largest absolute Gasteiger partial charge is 0.336 e. The van der Waals surface area contributed by atoms with E-state index in [1.807, 2.05) is 23.6 Å². The summed E-state index contributed by atoms with van der Waals surface area (Å²) in [6, 6.07) is 11.7. The molecule has 0 N–H and O–H groups in total. The lowest BCUT2D eigenvalue weighted by Gasteiger charge is -2.35. The zero-order valence-corrected chi connectivity index (χ0v) is 20.3. The molecule has 0 bridgehead atoms. The van der Waals surface area contributed by atoms with Crippen molar-refractivity contribution in [3.63, 3.8) is 0 Å². The fourth-order valence-electron chi connectivity index (χ4n) is 5.54. The molecule has 3 heterocycles. The number of likely N-dealkylation sites (tertiary alicyclic amines) is 2. The standard InChI is InChI=1S/C28H31N3O4/c1-18-9-5-7-13-29(18)25(32)20-15-21(26(33)30-14-8-6-10-19(30)2)17-22(16-20)31-27(34)23-11-3-4-12-24(23)28(31)35/h3-4,11-12,15-19H,5-10,13-14H2,1-2H3. The average molecular weight is 474 g/mol. The molecule has 7 heteroatoms. The lowest BCUT2D eigenvalue weighted by molar-refractivity contribution is 0.0632. The fraction of sp³-hybridized carbons (Fsp3) is 0.429. The highest BCUT2D eigenvalue weighted by atomic mass is 16.2. The van der Waals surface area contributed by atoms with Crippen LogP contribution in [0.5, 0.6) is 0 Å². The summed E-state index contributed by atoms with van der Waals surface area (Å²) in [7, 11) is 0. The Kier molecular flexibility index (Phi) is 6.17. The number of amides is 4. The Labute approximate surface area is 205 Å². The molecule has 2 saturated heterocycles. The van der Waals surface area contributed by atoms with Gasteiger partial charge in [-0.05, 0) is 82.7 Å². The van der Waals surface area contributed by atoms with Gasteiger partial charge >= 0.3 is 0 Å². The highest BCUT2D eigenvalue weighted by Crippen LogP contribution is 2.32. The molecule has 2 unspecified atom stereocenters. The molecule has 35 heavy (non-hydrogen) atoms. The molecule has 0 saturated carbocycles. The molecular weight excluding hydrogens is 442 g/mol. The Morgan fingerprint density at radius 3 is 1.60 bits per heavy atom. The fourth-order valence-corrected chi connectivity index (χ4v) is 5.54. The predicted octanol–water partition coefficient (Wildman–Crippen LogP) is 4.52. The molecule has 182 valence electrons. The number of benzene rings is 2. The monoisotopic (exact) mass is 473 g/mol. The van der Waals surface area contributed by atoms with E-state index in [1.165, 1.54) is 0 Å². The molecule has 2 aromatic rings. The molecule has 0 radical (unpaired) electrons. The molecule has 3 aliphatic rings. The second-order valence-corrected chi connectivity index (χ2v) is 9.95. The zero-order chi connectivity index (χ0) is 24.7. The van der Waals surface area contributed by atoms with E-state index in [2.05, 4.69) is 0 Å². The van der Waals surface area contributed by atoms with Crippen LogP contribution in [0.3, 0.4) is 0 Å². The first-order valence-electron chi connectivity index (χ1n) is 12.6. The highest BCUT2D eigenvalue weighted by molar-refractivity contribution is 6.34. The van der Waals surface area contributed by atoms with Crippen molar-refractivity contribution in [1.82, 2.24) is 9.80 Å². The van der Waals surface area contributed by atoms with Gasteiger partial charge in [-0.15, -0.1) is 0 Å². The van der Waals surface area contributed by atoms with Crippen LogP contribution in [0.4, 0.5) is 5.69 Å². The topological polar surface area (TPSA) is 78.0 Å². The van der Waals surface area contributed by atoms with E-state index in [9.17, 15) is 19.2 Å². The third kappa shape index (κ3) is 4.13. The third-order valence-corrected chi connectivity index (χ3v) is 7.59. The molecule has 7 nitrogen and oxygen atoms in total. The molecule has 5 rings (SSSR count). The van der Waals surface area contributed by atoms with Gasteiger partial charge in [-0.25, -0.2) is 4.90 Å².